The molecule has 2 amide bonds. The van der Waals surface area contributed by atoms with Gasteiger partial charge in [0, 0.05) is 37.7 Å². The Labute approximate surface area is 131 Å². The predicted molar refractivity (Wildman–Crippen MR) is 80.5 cm³/mol. The maximum Gasteiger partial charge on any atom is 0.255 e. The number of amides is 2. The van der Waals surface area contributed by atoms with Gasteiger partial charge in [0.15, 0.2) is 0 Å². The quantitative estimate of drug-likeness (QED) is 0.880. The van der Waals surface area contributed by atoms with Crippen LogP contribution in [0.4, 0.5) is 4.39 Å². The van der Waals surface area contributed by atoms with Crippen molar-refractivity contribution in [2.45, 2.75) is 0 Å². The number of nitrogens with zero attached hydrogens (tertiary/aromatic N) is 2. The van der Waals surface area contributed by atoms with Crippen molar-refractivity contribution in [1.29, 1.82) is 0 Å². The molecule has 0 atom stereocenters. The Morgan fingerprint density at radius 1 is 1.38 bits per heavy atom. The highest BCUT2D eigenvalue weighted by atomic mass is 79.9. The van der Waals surface area contributed by atoms with Gasteiger partial charge in [-0.1, -0.05) is 0 Å². The highest BCUT2D eigenvalue weighted by Gasteiger charge is 2.21. The standard InChI is InChI=1S/C14H17BrFN3O2/c1-18(9-13(20)19-6-4-17-5-7-19)14(21)11-3-2-10(16)8-12(11)15/h2-3,8,17H,4-7,9H2,1H3. The smallest absolute Gasteiger partial charge is 0.255 e. The number of hydrogen-bond acceptors (Lipinski definition) is 3. The molecule has 5 nitrogen and oxygen atoms in total. The average Bonchev–Trinajstić information content (AvgIpc) is 2.47. The Hall–Kier alpha value is -1.47. The molecule has 0 aliphatic carbocycles. The minimum absolute atomic E-state index is 0.0165. The molecule has 1 N–H and O–H groups in total. The van der Waals surface area contributed by atoms with Gasteiger partial charge in [-0.25, -0.2) is 4.39 Å². The number of piperazine rings is 1. The molecule has 0 aromatic heterocycles. The van der Waals surface area contributed by atoms with E-state index in [0.717, 1.165) is 13.1 Å². The van der Waals surface area contributed by atoms with Crippen molar-refractivity contribution in [3.05, 3.63) is 34.1 Å². The Bertz CT molecular complexity index is 547. The minimum Gasteiger partial charge on any atom is -0.339 e. The predicted octanol–water partition coefficient (Wildman–Crippen LogP) is 1.09. The van der Waals surface area contributed by atoms with Crippen LogP contribution in [-0.4, -0.2) is 61.4 Å². The molecule has 1 aromatic rings. The highest BCUT2D eigenvalue weighted by molar-refractivity contribution is 9.10. The van der Waals surface area contributed by atoms with Crippen molar-refractivity contribution in [2.75, 3.05) is 39.8 Å². The summed E-state index contributed by atoms with van der Waals surface area (Å²) in [6, 6.07) is 3.87. The number of carbonyl (C=O) groups is 2. The van der Waals surface area contributed by atoms with Crippen LogP contribution in [0.3, 0.4) is 0 Å². The maximum atomic E-state index is 13.0. The molecule has 1 aliphatic heterocycles. The summed E-state index contributed by atoms with van der Waals surface area (Å²) in [6.45, 7) is 2.87. The number of halogens is 2. The number of carbonyl (C=O) groups excluding carboxylic acids is 2. The van der Waals surface area contributed by atoms with Gasteiger partial charge in [-0.2, -0.15) is 0 Å². The fraction of sp³-hybridized carbons (Fsp3) is 0.429. The fourth-order valence-corrected chi connectivity index (χ4v) is 2.68. The third-order valence-electron chi connectivity index (χ3n) is 3.35. The Balaban J connectivity index is 2.00. The second-order valence-corrected chi connectivity index (χ2v) is 5.77. The topological polar surface area (TPSA) is 52.7 Å². The first-order chi connectivity index (χ1) is 9.99. The molecule has 0 radical (unpaired) electrons. The molecule has 114 valence electrons. The molecule has 7 heteroatoms. The lowest BCUT2D eigenvalue weighted by Crippen LogP contribution is -2.49. The van der Waals surface area contributed by atoms with Crippen LogP contribution in [0.25, 0.3) is 0 Å². The van der Waals surface area contributed by atoms with Gasteiger partial charge < -0.3 is 15.1 Å². The first-order valence-electron chi connectivity index (χ1n) is 6.68. The van der Waals surface area contributed by atoms with Crippen LogP contribution >= 0.6 is 15.9 Å². The van der Waals surface area contributed by atoms with Crippen LogP contribution in [0, 0.1) is 5.82 Å². The van der Waals surface area contributed by atoms with Crippen molar-refractivity contribution in [1.82, 2.24) is 15.1 Å². The number of hydrogen-bond donors (Lipinski definition) is 1. The molecule has 0 unspecified atom stereocenters. The molecular formula is C14H17BrFN3O2. The van der Waals surface area contributed by atoms with E-state index in [4.69, 9.17) is 0 Å². The Morgan fingerprint density at radius 3 is 2.67 bits per heavy atom. The Morgan fingerprint density at radius 2 is 2.05 bits per heavy atom. The zero-order valence-electron chi connectivity index (χ0n) is 11.7. The molecule has 1 aromatic carbocycles. The normalized spacial score (nSPS) is 14.9. The summed E-state index contributed by atoms with van der Waals surface area (Å²) < 4.78 is 13.4. The summed E-state index contributed by atoms with van der Waals surface area (Å²) in [6.07, 6.45) is 0. The molecule has 21 heavy (non-hydrogen) atoms. The number of rotatable bonds is 3. The number of likely N-dealkylation sites (N-methyl/N-ethyl adjacent to an activating group) is 1. The van der Waals surface area contributed by atoms with Crippen molar-refractivity contribution < 1.29 is 14.0 Å². The molecule has 2 rings (SSSR count). The van der Waals surface area contributed by atoms with E-state index in [1.165, 1.54) is 23.1 Å². The summed E-state index contributed by atoms with van der Waals surface area (Å²) in [5, 5.41) is 3.17. The maximum absolute atomic E-state index is 13.0. The lowest BCUT2D eigenvalue weighted by atomic mass is 10.2. The minimum atomic E-state index is -0.419. The summed E-state index contributed by atoms with van der Waals surface area (Å²) in [5.74, 6) is -0.811. The van der Waals surface area contributed by atoms with Gasteiger partial charge in [-0.15, -0.1) is 0 Å². The van der Waals surface area contributed by atoms with Crippen LogP contribution in [0.2, 0.25) is 0 Å². The SMILES string of the molecule is CN(CC(=O)N1CCNCC1)C(=O)c1ccc(F)cc1Br. The van der Waals surface area contributed by atoms with E-state index in [9.17, 15) is 14.0 Å². The second kappa shape index (κ2) is 7.00. The molecule has 0 spiro atoms. The van der Waals surface area contributed by atoms with Crippen molar-refractivity contribution in [3.63, 3.8) is 0 Å². The summed E-state index contributed by atoms with van der Waals surface area (Å²) in [7, 11) is 1.57. The zero-order valence-corrected chi connectivity index (χ0v) is 13.3. The van der Waals surface area contributed by atoms with E-state index in [2.05, 4.69) is 21.2 Å². The monoisotopic (exact) mass is 357 g/mol. The highest BCUT2D eigenvalue weighted by Crippen LogP contribution is 2.19. The third-order valence-corrected chi connectivity index (χ3v) is 4.01. The van der Waals surface area contributed by atoms with Gasteiger partial charge in [0.05, 0.1) is 12.1 Å². The molecule has 0 bridgehead atoms. The summed E-state index contributed by atoms with van der Waals surface area (Å²) in [5.41, 5.74) is 0.340. The van der Waals surface area contributed by atoms with Gasteiger partial charge in [0.2, 0.25) is 5.91 Å². The average molecular weight is 358 g/mol. The van der Waals surface area contributed by atoms with Gasteiger partial charge in [-0.3, -0.25) is 9.59 Å². The van der Waals surface area contributed by atoms with E-state index < -0.39 is 5.82 Å². The van der Waals surface area contributed by atoms with E-state index >= 15 is 0 Å². The first-order valence-corrected chi connectivity index (χ1v) is 7.47. The molecule has 0 saturated carbocycles. The summed E-state index contributed by atoms with van der Waals surface area (Å²) >= 11 is 3.17. The fourth-order valence-electron chi connectivity index (χ4n) is 2.16. The van der Waals surface area contributed by atoms with Crippen LogP contribution in [0.5, 0.6) is 0 Å². The molecule has 1 saturated heterocycles. The molecular weight excluding hydrogens is 341 g/mol. The van der Waals surface area contributed by atoms with Gasteiger partial charge >= 0.3 is 0 Å². The summed E-state index contributed by atoms with van der Waals surface area (Å²) in [4.78, 5) is 27.5. The molecule has 1 aliphatic rings. The first kappa shape index (κ1) is 15.9. The third kappa shape index (κ3) is 4.01. The largest absolute Gasteiger partial charge is 0.339 e. The lowest BCUT2D eigenvalue weighted by molar-refractivity contribution is -0.132. The van der Waals surface area contributed by atoms with Crippen LogP contribution < -0.4 is 5.32 Å². The van der Waals surface area contributed by atoms with Crippen LogP contribution in [0.15, 0.2) is 22.7 Å². The Kier molecular flexibility index (Phi) is 5.30. The zero-order chi connectivity index (χ0) is 15.4. The number of benzene rings is 1. The van der Waals surface area contributed by atoms with E-state index in [1.807, 2.05) is 0 Å². The molecule has 1 fully saturated rings. The van der Waals surface area contributed by atoms with Gasteiger partial charge in [0.25, 0.3) is 5.91 Å². The van der Waals surface area contributed by atoms with Crippen molar-refractivity contribution >= 4 is 27.7 Å². The molecule has 1 heterocycles. The second-order valence-electron chi connectivity index (χ2n) is 4.92. The van der Waals surface area contributed by atoms with Gasteiger partial charge in [0.1, 0.15) is 5.82 Å². The van der Waals surface area contributed by atoms with E-state index in [1.54, 1.807) is 11.9 Å². The lowest BCUT2D eigenvalue weighted by Gasteiger charge is -2.29. The van der Waals surface area contributed by atoms with Crippen LogP contribution in [-0.2, 0) is 4.79 Å². The van der Waals surface area contributed by atoms with Crippen LogP contribution in [0.1, 0.15) is 10.4 Å². The van der Waals surface area contributed by atoms with E-state index in [0.29, 0.717) is 23.1 Å². The van der Waals surface area contributed by atoms with E-state index in [-0.39, 0.29) is 18.4 Å². The van der Waals surface area contributed by atoms with Crippen molar-refractivity contribution in [2.24, 2.45) is 0 Å². The number of nitrogens with one attached hydrogen (secondary N) is 1. The van der Waals surface area contributed by atoms with Crippen molar-refractivity contribution in [3.8, 4) is 0 Å². The van der Waals surface area contributed by atoms with Gasteiger partial charge in [-0.05, 0) is 34.1 Å².